The molecule has 3 aromatic rings. The van der Waals surface area contributed by atoms with Crippen molar-refractivity contribution in [1.29, 1.82) is 0 Å². The van der Waals surface area contributed by atoms with Crippen molar-refractivity contribution < 1.29 is 18.7 Å². The quantitative estimate of drug-likeness (QED) is 0.544. The minimum atomic E-state index is -0.366. The van der Waals surface area contributed by atoms with Crippen LogP contribution < -0.4 is 4.74 Å². The molecule has 0 aliphatic heterocycles. The van der Waals surface area contributed by atoms with E-state index in [4.69, 9.17) is 13.9 Å². The van der Waals surface area contributed by atoms with Crippen LogP contribution in [0.25, 0.3) is 11.5 Å². The molecule has 1 aromatic heterocycles. The van der Waals surface area contributed by atoms with E-state index in [1.165, 1.54) is 12.7 Å². The van der Waals surface area contributed by atoms with Crippen LogP contribution in [0.1, 0.15) is 40.3 Å². The Morgan fingerprint density at radius 3 is 2.34 bits per heavy atom. The Kier molecular flexibility index (Phi) is 6.34. The molecule has 0 saturated carbocycles. The van der Waals surface area contributed by atoms with Gasteiger partial charge in [0.15, 0.2) is 0 Å². The summed E-state index contributed by atoms with van der Waals surface area (Å²) < 4.78 is 15.8. The van der Waals surface area contributed by atoms with E-state index in [2.05, 4.69) is 36.0 Å². The third kappa shape index (κ3) is 4.66. The second-order valence-corrected chi connectivity index (χ2v) is 6.96. The number of aromatic nitrogens is 1. The second kappa shape index (κ2) is 8.92. The van der Waals surface area contributed by atoms with Gasteiger partial charge in [0.25, 0.3) is 0 Å². The summed E-state index contributed by atoms with van der Waals surface area (Å²) in [5, 5.41) is 0. The topological polar surface area (TPSA) is 64.8 Å². The van der Waals surface area contributed by atoms with Crippen molar-refractivity contribution in [3.63, 3.8) is 0 Å². The Morgan fingerprint density at radius 2 is 1.76 bits per heavy atom. The van der Waals surface area contributed by atoms with Gasteiger partial charge in [-0.25, -0.2) is 9.78 Å². The number of carbonyl (C=O) groups is 1. The summed E-state index contributed by atoms with van der Waals surface area (Å²) >= 11 is 0. The van der Waals surface area contributed by atoms with E-state index >= 15 is 0 Å². The SMILES string of the molecule is COC(=O)c1ccc(-c2nc(CN(C)[C@@H](C)c3ccc(OC)cc3)c(C)o2)cc1. The molecule has 0 aliphatic carbocycles. The summed E-state index contributed by atoms with van der Waals surface area (Å²) in [6.07, 6.45) is 0. The van der Waals surface area contributed by atoms with Gasteiger partial charge in [0.2, 0.25) is 5.89 Å². The average molecular weight is 394 g/mol. The van der Waals surface area contributed by atoms with Crippen LogP contribution in [0.4, 0.5) is 0 Å². The standard InChI is InChI=1S/C23H26N2O4/c1-15(17-10-12-20(27-4)13-11-17)25(3)14-21-16(2)29-22(24-21)18-6-8-19(9-7-18)23(26)28-5/h6-13,15H,14H2,1-5H3/t15-/m0/s1. The number of nitrogens with zero attached hydrogens (tertiary/aromatic N) is 2. The lowest BCUT2D eigenvalue weighted by molar-refractivity contribution is 0.0600. The lowest BCUT2D eigenvalue weighted by Crippen LogP contribution is -2.22. The molecule has 0 bridgehead atoms. The maximum absolute atomic E-state index is 11.6. The molecule has 29 heavy (non-hydrogen) atoms. The largest absolute Gasteiger partial charge is 0.497 e. The van der Waals surface area contributed by atoms with E-state index < -0.39 is 0 Å². The molecule has 6 nitrogen and oxygen atoms in total. The van der Waals surface area contributed by atoms with Crippen molar-refractivity contribution in [2.24, 2.45) is 0 Å². The van der Waals surface area contributed by atoms with Gasteiger partial charge >= 0.3 is 5.97 Å². The molecule has 3 rings (SSSR count). The number of hydrogen-bond donors (Lipinski definition) is 0. The Hall–Kier alpha value is -3.12. The Labute approximate surface area is 171 Å². The highest BCUT2D eigenvalue weighted by Crippen LogP contribution is 2.26. The summed E-state index contributed by atoms with van der Waals surface area (Å²) in [6, 6.07) is 15.3. The first-order valence-corrected chi connectivity index (χ1v) is 9.42. The number of methoxy groups -OCH3 is 2. The van der Waals surface area contributed by atoms with Crippen LogP contribution in [0.2, 0.25) is 0 Å². The van der Waals surface area contributed by atoms with Crippen LogP contribution in [0.3, 0.4) is 0 Å². The molecule has 0 unspecified atom stereocenters. The van der Waals surface area contributed by atoms with E-state index in [1.807, 2.05) is 31.2 Å². The van der Waals surface area contributed by atoms with E-state index in [0.29, 0.717) is 18.0 Å². The summed E-state index contributed by atoms with van der Waals surface area (Å²) in [4.78, 5) is 18.5. The van der Waals surface area contributed by atoms with E-state index in [9.17, 15) is 4.79 Å². The molecule has 0 spiro atoms. The fourth-order valence-electron chi connectivity index (χ4n) is 3.08. The van der Waals surface area contributed by atoms with E-state index in [-0.39, 0.29) is 12.0 Å². The molecule has 0 radical (unpaired) electrons. The molecule has 0 N–H and O–H groups in total. The number of rotatable bonds is 7. The first kappa shape index (κ1) is 20.6. The van der Waals surface area contributed by atoms with Crippen molar-refractivity contribution in [2.45, 2.75) is 26.4 Å². The Bertz CT molecular complexity index is 962. The predicted molar refractivity (Wildman–Crippen MR) is 111 cm³/mol. The predicted octanol–water partition coefficient (Wildman–Crippen LogP) is 4.64. The van der Waals surface area contributed by atoms with Gasteiger partial charge in [-0.1, -0.05) is 12.1 Å². The third-order valence-corrected chi connectivity index (χ3v) is 5.10. The molecule has 1 heterocycles. The smallest absolute Gasteiger partial charge is 0.337 e. The molecular formula is C23H26N2O4. The van der Waals surface area contributed by atoms with Crippen LogP contribution in [0.15, 0.2) is 52.9 Å². The number of benzene rings is 2. The molecule has 2 aromatic carbocycles. The summed E-state index contributed by atoms with van der Waals surface area (Å²) in [5.41, 5.74) is 3.40. The van der Waals surface area contributed by atoms with E-state index in [1.54, 1.807) is 19.2 Å². The molecule has 6 heteroatoms. The maximum Gasteiger partial charge on any atom is 0.337 e. The van der Waals surface area contributed by atoms with Crippen LogP contribution in [0.5, 0.6) is 5.75 Å². The molecule has 0 aliphatic rings. The number of esters is 1. The van der Waals surface area contributed by atoms with Gasteiger partial charge in [-0.15, -0.1) is 0 Å². The summed E-state index contributed by atoms with van der Waals surface area (Å²) in [6.45, 7) is 4.73. The lowest BCUT2D eigenvalue weighted by Gasteiger charge is -2.24. The van der Waals surface area contributed by atoms with Crippen LogP contribution in [0, 0.1) is 6.92 Å². The molecule has 0 saturated heterocycles. The lowest BCUT2D eigenvalue weighted by atomic mass is 10.1. The number of aryl methyl sites for hydroxylation is 1. The zero-order valence-electron chi connectivity index (χ0n) is 17.4. The Balaban J connectivity index is 1.73. The Morgan fingerprint density at radius 1 is 1.10 bits per heavy atom. The van der Waals surface area contributed by atoms with Gasteiger partial charge in [0.1, 0.15) is 11.5 Å². The van der Waals surface area contributed by atoms with Gasteiger partial charge in [-0.2, -0.15) is 0 Å². The highest BCUT2D eigenvalue weighted by atomic mass is 16.5. The molecule has 152 valence electrons. The molecule has 1 atom stereocenters. The maximum atomic E-state index is 11.6. The first-order chi connectivity index (χ1) is 13.9. The van der Waals surface area contributed by atoms with Crippen LogP contribution in [-0.2, 0) is 11.3 Å². The average Bonchev–Trinajstić information content (AvgIpc) is 3.12. The zero-order valence-corrected chi connectivity index (χ0v) is 17.4. The van der Waals surface area contributed by atoms with Gasteiger partial charge in [0, 0.05) is 18.2 Å². The fraction of sp³-hybridized carbons (Fsp3) is 0.304. The van der Waals surface area contributed by atoms with Gasteiger partial charge in [-0.3, -0.25) is 4.90 Å². The van der Waals surface area contributed by atoms with Crippen molar-refractivity contribution in [3.05, 3.63) is 71.1 Å². The summed E-state index contributed by atoms with van der Waals surface area (Å²) in [7, 11) is 5.09. The van der Waals surface area contributed by atoms with Gasteiger partial charge in [-0.05, 0) is 62.9 Å². The van der Waals surface area contributed by atoms with E-state index in [0.717, 1.165) is 22.8 Å². The number of hydrogen-bond acceptors (Lipinski definition) is 6. The molecule has 0 fully saturated rings. The number of ether oxygens (including phenoxy) is 2. The van der Waals surface area contributed by atoms with Crippen molar-refractivity contribution in [1.82, 2.24) is 9.88 Å². The van der Waals surface area contributed by atoms with Crippen LogP contribution in [-0.4, -0.2) is 37.1 Å². The van der Waals surface area contributed by atoms with Crippen molar-refractivity contribution in [3.8, 4) is 17.2 Å². The molecular weight excluding hydrogens is 368 g/mol. The minimum Gasteiger partial charge on any atom is -0.497 e. The first-order valence-electron chi connectivity index (χ1n) is 9.42. The number of oxazole rings is 1. The zero-order chi connectivity index (χ0) is 21.0. The van der Waals surface area contributed by atoms with Crippen molar-refractivity contribution in [2.75, 3.05) is 21.3 Å². The highest BCUT2D eigenvalue weighted by Gasteiger charge is 2.18. The second-order valence-electron chi connectivity index (χ2n) is 6.96. The van der Waals surface area contributed by atoms with Gasteiger partial charge in [0.05, 0.1) is 25.5 Å². The highest BCUT2D eigenvalue weighted by molar-refractivity contribution is 5.89. The molecule has 0 amide bonds. The van der Waals surface area contributed by atoms with Crippen LogP contribution >= 0.6 is 0 Å². The van der Waals surface area contributed by atoms with Crippen molar-refractivity contribution >= 4 is 5.97 Å². The normalized spacial score (nSPS) is 12.1. The van der Waals surface area contributed by atoms with Gasteiger partial charge < -0.3 is 13.9 Å². The number of carbonyl (C=O) groups excluding carboxylic acids is 1. The minimum absolute atomic E-state index is 0.208. The fourth-order valence-corrected chi connectivity index (χ4v) is 3.08. The monoisotopic (exact) mass is 394 g/mol. The third-order valence-electron chi connectivity index (χ3n) is 5.10. The summed E-state index contributed by atoms with van der Waals surface area (Å²) in [5.74, 6) is 1.80.